The largest absolute Gasteiger partial charge is 0.457 e. The average molecular weight is 532 g/mol. The number of rotatable bonds is 3. The predicted octanol–water partition coefficient (Wildman–Crippen LogP) is 8.54. The van der Waals surface area contributed by atoms with E-state index < -0.39 is 0 Å². The van der Waals surface area contributed by atoms with E-state index in [1.165, 1.54) is 71.0 Å². The molecule has 1 nitrogen and oxygen atoms in total. The van der Waals surface area contributed by atoms with E-state index in [1.807, 2.05) is 0 Å². The van der Waals surface area contributed by atoms with Crippen molar-refractivity contribution in [2.24, 2.45) is 0 Å². The van der Waals surface area contributed by atoms with Gasteiger partial charge in [0, 0.05) is 10.8 Å². The van der Waals surface area contributed by atoms with Crippen molar-refractivity contribution >= 4 is 55.4 Å². The molecule has 194 valence electrons. The summed E-state index contributed by atoms with van der Waals surface area (Å²) < 4.78 is 6.80. The van der Waals surface area contributed by atoms with E-state index in [0.717, 1.165) is 11.5 Å². The molecule has 0 aromatic heterocycles. The van der Waals surface area contributed by atoms with Gasteiger partial charge in [-0.3, -0.25) is 0 Å². The van der Waals surface area contributed by atoms with Crippen LogP contribution in [0.4, 0.5) is 0 Å². The summed E-state index contributed by atoms with van der Waals surface area (Å²) in [6.07, 6.45) is 0. The summed E-state index contributed by atoms with van der Waals surface area (Å²) in [5.74, 6) is 1.84. The minimum Gasteiger partial charge on any atom is -0.457 e. The van der Waals surface area contributed by atoms with E-state index in [2.05, 4.69) is 152 Å². The molecule has 0 bridgehead atoms. The number of fused-ring (bicyclic) bond motifs is 1. The summed E-state index contributed by atoms with van der Waals surface area (Å²) in [6, 6.07) is 54.9. The second kappa shape index (κ2) is 9.09. The molecule has 0 N–H and O–H groups in total. The Kier molecular flexibility index (Phi) is 5.06. The van der Waals surface area contributed by atoms with Crippen molar-refractivity contribution in [1.82, 2.24) is 0 Å². The van der Waals surface area contributed by atoms with Gasteiger partial charge < -0.3 is 4.74 Å². The van der Waals surface area contributed by atoms with Crippen LogP contribution in [-0.2, 0) is 0 Å². The highest BCUT2D eigenvalue weighted by molar-refractivity contribution is 6.97. The maximum absolute atomic E-state index is 6.80. The Morgan fingerprint density at radius 1 is 0.405 bits per heavy atom. The Bertz CT molecular complexity index is 2260. The number of ether oxygens (including phenoxy) is 1. The Hall–Kier alpha value is -5.34. The summed E-state index contributed by atoms with van der Waals surface area (Å²) in [5.41, 5.74) is 8.70. The zero-order valence-corrected chi connectivity index (χ0v) is 22.9. The molecule has 0 aliphatic carbocycles. The Labute approximate surface area is 245 Å². The fourth-order valence-corrected chi connectivity index (χ4v) is 7.13. The van der Waals surface area contributed by atoms with E-state index in [0.29, 0.717) is 0 Å². The van der Waals surface area contributed by atoms with Gasteiger partial charge in [-0.2, -0.15) is 0 Å². The second-order valence-corrected chi connectivity index (χ2v) is 11.2. The Balaban J connectivity index is 1.51. The van der Waals surface area contributed by atoms with Crippen molar-refractivity contribution in [1.29, 1.82) is 0 Å². The Morgan fingerprint density at radius 2 is 1.02 bits per heavy atom. The van der Waals surface area contributed by atoms with Crippen molar-refractivity contribution in [3.05, 3.63) is 152 Å². The first-order chi connectivity index (χ1) is 20.8. The number of benzene rings is 8. The highest BCUT2D eigenvalue weighted by Gasteiger charge is 2.33. The van der Waals surface area contributed by atoms with E-state index in [1.54, 1.807) is 0 Å². The molecular formula is C40H25BO. The minimum absolute atomic E-state index is 0.0371. The monoisotopic (exact) mass is 532 g/mol. The number of hydrogen-bond acceptors (Lipinski definition) is 1. The zero-order chi connectivity index (χ0) is 27.6. The minimum atomic E-state index is 0.0371. The lowest BCUT2D eigenvalue weighted by Gasteiger charge is -2.22. The quantitative estimate of drug-likeness (QED) is 0.164. The van der Waals surface area contributed by atoms with Crippen LogP contribution in [0.3, 0.4) is 0 Å². The van der Waals surface area contributed by atoms with Crippen molar-refractivity contribution in [2.45, 2.75) is 0 Å². The third-order valence-electron chi connectivity index (χ3n) is 8.94. The SMILES string of the molecule is c1ccc(B2c3ccccc3Oc3ccc4ccc5c(-c6ccccc6)cc(-c6ccccc6)c6cc2c3c4c56)cc1. The molecule has 9 rings (SSSR count). The fraction of sp³-hybridized carbons (Fsp3) is 0. The van der Waals surface area contributed by atoms with Crippen LogP contribution in [0, 0.1) is 0 Å². The molecule has 2 heteroatoms. The molecule has 42 heavy (non-hydrogen) atoms. The maximum atomic E-state index is 6.80. The van der Waals surface area contributed by atoms with Crippen LogP contribution in [0.15, 0.2) is 152 Å². The third-order valence-corrected chi connectivity index (χ3v) is 8.94. The smallest absolute Gasteiger partial charge is 0.247 e. The van der Waals surface area contributed by atoms with Gasteiger partial charge in [0.1, 0.15) is 11.5 Å². The fourth-order valence-electron chi connectivity index (χ4n) is 7.13. The molecule has 8 aromatic carbocycles. The summed E-state index contributed by atoms with van der Waals surface area (Å²) in [4.78, 5) is 0. The van der Waals surface area contributed by atoms with Gasteiger partial charge in [-0.1, -0.05) is 144 Å². The van der Waals surface area contributed by atoms with Crippen LogP contribution >= 0.6 is 0 Å². The van der Waals surface area contributed by atoms with E-state index in [-0.39, 0.29) is 6.71 Å². The van der Waals surface area contributed by atoms with Gasteiger partial charge in [0.2, 0.25) is 6.71 Å². The van der Waals surface area contributed by atoms with Gasteiger partial charge in [0.25, 0.3) is 0 Å². The normalized spacial score (nSPS) is 12.4. The van der Waals surface area contributed by atoms with E-state index in [4.69, 9.17) is 4.74 Å². The summed E-state index contributed by atoms with van der Waals surface area (Å²) in [6.45, 7) is 0.0371. The van der Waals surface area contributed by atoms with Crippen molar-refractivity contribution in [2.75, 3.05) is 0 Å². The maximum Gasteiger partial charge on any atom is 0.247 e. The van der Waals surface area contributed by atoms with Crippen LogP contribution in [0.5, 0.6) is 11.5 Å². The standard InChI is InChI=1S/C40H25BO/c1-4-12-26(13-5-1)31-24-32(27-14-6-2-7-15-27)33-25-35-40-37(23-21-28-20-22-30(31)39(33)38(28)40)42-36-19-11-10-18-34(36)41(35)29-16-8-3-9-17-29/h1-25H. The van der Waals surface area contributed by atoms with Gasteiger partial charge in [0.05, 0.1) is 0 Å². The van der Waals surface area contributed by atoms with Crippen LogP contribution in [0.2, 0.25) is 0 Å². The molecule has 0 saturated carbocycles. The lowest BCUT2D eigenvalue weighted by molar-refractivity contribution is 0.493. The van der Waals surface area contributed by atoms with E-state index >= 15 is 0 Å². The van der Waals surface area contributed by atoms with Gasteiger partial charge >= 0.3 is 0 Å². The summed E-state index contributed by atoms with van der Waals surface area (Å²) in [7, 11) is 0. The first kappa shape index (κ1) is 23.4. The molecule has 1 aliphatic heterocycles. The second-order valence-electron chi connectivity index (χ2n) is 11.2. The predicted molar refractivity (Wildman–Crippen MR) is 179 cm³/mol. The van der Waals surface area contributed by atoms with Crippen LogP contribution < -0.4 is 21.1 Å². The molecule has 0 fully saturated rings. The molecule has 0 saturated heterocycles. The molecular weight excluding hydrogens is 507 g/mol. The van der Waals surface area contributed by atoms with Gasteiger partial charge in [-0.15, -0.1) is 0 Å². The zero-order valence-electron chi connectivity index (χ0n) is 22.9. The summed E-state index contributed by atoms with van der Waals surface area (Å²) in [5, 5.41) is 7.57. The Morgan fingerprint density at radius 3 is 1.76 bits per heavy atom. The molecule has 0 spiro atoms. The van der Waals surface area contributed by atoms with Gasteiger partial charge in [-0.05, 0) is 67.5 Å². The molecule has 0 atom stereocenters. The van der Waals surface area contributed by atoms with Gasteiger partial charge in [0.15, 0.2) is 0 Å². The van der Waals surface area contributed by atoms with Crippen LogP contribution in [0.1, 0.15) is 0 Å². The topological polar surface area (TPSA) is 9.23 Å². The van der Waals surface area contributed by atoms with Crippen molar-refractivity contribution in [3.8, 4) is 33.8 Å². The molecule has 1 aliphatic rings. The number of para-hydroxylation sites is 1. The molecule has 0 unspecified atom stereocenters. The highest BCUT2D eigenvalue weighted by Crippen LogP contribution is 2.46. The highest BCUT2D eigenvalue weighted by atomic mass is 16.5. The van der Waals surface area contributed by atoms with Gasteiger partial charge in [-0.25, -0.2) is 0 Å². The molecule has 0 radical (unpaired) electrons. The number of hydrogen-bond donors (Lipinski definition) is 0. The molecule has 0 amide bonds. The first-order valence-corrected chi connectivity index (χ1v) is 14.6. The van der Waals surface area contributed by atoms with Crippen LogP contribution in [0.25, 0.3) is 54.6 Å². The average Bonchev–Trinajstić information content (AvgIpc) is 3.20. The van der Waals surface area contributed by atoms with Crippen molar-refractivity contribution in [3.63, 3.8) is 0 Å². The summed E-state index contributed by atoms with van der Waals surface area (Å²) >= 11 is 0. The third kappa shape index (κ3) is 3.39. The van der Waals surface area contributed by atoms with Crippen LogP contribution in [-0.4, -0.2) is 6.71 Å². The van der Waals surface area contributed by atoms with E-state index in [9.17, 15) is 0 Å². The lowest BCUT2D eigenvalue weighted by Crippen LogP contribution is -2.51. The molecule has 1 heterocycles. The van der Waals surface area contributed by atoms with Crippen molar-refractivity contribution < 1.29 is 4.74 Å². The molecule has 8 aromatic rings. The lowest BCUT2D eigenvalue weighted by atomic mass is 9.36. The first-order valence-electron chi connectivity index (χ1n) is 14.6.